The number of aliphatic hydroxyl groups is 1. The lowest BCUT2D eigenvalue weighted by molar-refractivity contribution is 0.248. The van der Waals surface area contributed by atoms with E-state index in [-0.39, 0.29) is 34.4 Å². The van der Waals surface area contributed by atoms with E-state index in [1.807, 2.05) is 32.0 Å². The molecule has 9 heteroatoms. The van der Waals surface area contributed by atoms with Gasteiger partial charge in [0.1, 0.15) is 5.82 Å². The Morgan fingerprint density at radius 2 is 1.76 bits per heavy atom. The van der Waals surface area contributed by atoms with Gasteiger partial charge in [-0.25, -0.2) is 4.98 Å². The molecule has 0 aliphatic carbocycles. The Morgan fingerprint density at radius 1 is 1.03 bits per heavy atom. The maximum Gasteiger partial charge on any atom is 0.225 e. The van der Waals surface area contributed by atoms with Crippen molar-refractivity contribution in [3.63, 3.8) is 0 Å². The van der Waals surface area contributed by atoms with Gasteiger partial charge in [-0.2, -0.15) is 4.98 Å². The van der Waals surface area contributed by atoms with Crippen LogP contribution in [0.25, 0.3) is 11.4 Å². The molecule has 0 radical (unpaired) electrons. The third kappa shape index (κ3) is 5.26. The number of rotatable bonds is 7. The van der Waals surface area contributed by atoms with E-state index in [0.717, 1.165) is 0 Å². The zero-order valence-electron chi connectivity index (χ0n) is 15.9. The molecule has 152 valence electrons. The van der Waals surface area contributed by atoms with Gasteiger partial charge in [0.25, 0.3) is 0 Å². The van der Waals surface area contributed by atoms with Gasteiger partial charge in [0.05, 0.1) is 34.1 Å². The first-order valence-corrected chi connectivity index (χ1v) is 9.76. The molecule has 0 bridgehead atoms. The van der Waals surface area contributed by atoms with Crippen molar-refractivity contribution in [2.45, 2.75) is 19.9 Å². The van der Waals surface area contributed by atoms with E-state index in [2.05, 4.69) is 25.6 Å². The van der Waals surface area contributed by atoms with Crippen LogP contribution in [-0.4, -0.2) is 37.8 Å². The maximum absolute atomic E-state index is 9.75. The second kappa shape index (κ2) is 9.26. The molecule has 0 fully saturated rings. The molecule has 3 rings (SSSR count). The fraction of sp³-hybridized carbons (Fsp3) is 0.250. The van der Waals surface area contributed by atoms with Gasteiger partial charge < -0.3 is 20.8 Å². The zero-order chi connectivity index (χ0) is 21.0. The summed E-state index contributed by atoms with van der Waals surface area (Å²) >= 11 is 12.0. The minimum Gasteiger partial charge on any atom is -0.505 e. The van der Waals surface area contributed by atoms with E-state index in [0.29, 0.717) is 28.8 Å². The Balaban J connectivity index is 2.00. The van der Waals surface area contributed by atoms with Crippen molar-refractivity contribution >= 4 is 40.7 Å². The van der Waals surface area contributed by atoms with Crippen molar-refractivity contribution in [1.82, 2.24) is 15.0 Å². The van der Waals surface area contributed by atoms with Crippen molar-refractivity contribution in [2.75, 3.05) is 17.2 Å². The quantitative estimate of drug-likeness (QED) is 0.399. The van der Waals surface area contributed by atoms with E-state index < -0.39 is 0 Å². The third-order valence-corrected chi connectivity index (χ3v) is 4.83. The Morgan fingerprint density at radius 3 is 2.34 bits per heavy atom. The van der Waals surface area contributed by atoms with Crippen molar-refractivity contribution in [1.29, 1.82) is 0 Å². The number of phenols is 1. The zero-order valence-corrected chi connectivity index (χ0v) is 17.4. The van der Waals surface area contributed by atoms with Crippen LogP contribution in [0.2, 0.25) is 10.0 Å². The number of hydrogen-bond acceptors (Lipinski definition) is 7. The molecule has 0 spiro atoms. The predicted molar refractivity (Wildman–Crippen MR) is 116 cm³/mol. The number of aliphatic hydroxyl groups excluding tert-OH is 1. The summed E-state index contributed by atoms with van der Waals surface area (Å²) in [6.07, 6.45) is 1.68. The molecular formula is C20H21Cl2N5O2. The summed E-state index contributed by atoms with van der Waals surface area (Å²) in [7, 11) is 0. The van der Waals surface area contributed by atoms with E-state index in [9.17, 15) is 10.2 Å². The molecule has 2 heterocycles. The number of anilines is 3. The van der Waals surface area contributed by atoms with Crippen LogP contribution in [0.4, 0.5) is 17.5 Å². The van der Waals surface area contributed by atoms with Crippen LogP contribution >= 0.6 is 23.2 Å². The predicted octanol–water partition coefficient (Wildman–Crippen LogP) is 4.72. The number of nitrogens with zero attached hydrogens (tertiary/aromatic N) is 3. The van der Waals surface area contributed by atoms with E-state index >= 15 is 0 Å². The Labute approximate surface area is 178 Å². The van der Waals surface area contributed by atoms with Gasteiger partial charge in [-0.3, -0.25) is 4.98 Å². The minimum absolute atomic E-state index is 0.0548. The molecule has 0 unspecified atom stereocenters. The highest BCUT2D eigenvalue weighted by Crippen LogP contribution is 2.35. The van der Waals surface area contributed by atoms with Gasteiger partial charge in [0.2, 0.25) is 5.95 Å². The molecule has 0 aliphatic rings. The number of pyridine rings is 1. The lowest BCUT2D eigenvalue weighted by Crippen LogP contribution is -2.30. The van der Waals surface area contributed by atoms with E-state index in [1.165, 1.54) is 0 Å². The molecule has 1 atom stereocenters. The SMILES string of the molecule is CC(C)[C@H](CO)Nc1nc(Nc2cc(Cl)c(O)c(Cl)c2)cc(-c2ccccn2)n1. The smallest absolute Gasteiger partial charge is 0.225 e. The molecule has 29 heavy (non-hydrogen) atoms. The number of aromatic nitrogens is 3. The highest BCUT2D eigenvalue weighted by atomic mass is 35.5. The van der Waals surface area contributed by atoms with Crippen LogP contribution < -0.4 is 10.6 Å². The second-order valence-electron chi connectivity index (χ2n) is 6.77. The molecule has 3 aromatic rings. The largest absolute Gasteiger partial charge is 0.505 e. The number of halogens is 2. The van der Waals surface area contributed by atoms with Crippen molar-refractivity contribution in [3.05, 3.63) is 52.6 Å². The fourth-order valence-electron chi connectivity index (χ4n) is 2.60. The summed E-state index contributed by atoms with van der Waals surface area (Å²) in [4.78, 5) is 13.4. The van der Waals surface area contributed by atoms with Crippen LogP contribution in [0.1, 0.15) is 13.8 Å². The van der Waals surface area contributed by atoms with Crippen LogP contribution in [-0.2, 0) is 0 Å². The molecular weight excluding hydrogens is 413 g/mol. The maximum atomic E-state index is 9.75. The van der Waals surface area contributed by atoms with Gasteiger partial charge in [0.15, 0.2) is 5.75 Å². The molecule has 0 saturated carbocycles. The summed E-state index contributed by atoms with van der Waals surface area (Å²) in [5.41, 5.74) is 1.83. The topological polar surface area (TPSA) is 103 Å². The molecule has 0 aliphatic heterocycles. The number of benzene rings is 1. The van der Waals surface area contributed by atoms with Crippen molar-refractivity contribution in [3.8, 4) is 17.1 Å². The summed E-state index contributed by atoms with van der Waals surface area (Å²) < 4.78 is 0. The Kier molecular flexibility index (Phi) is 6.74. The van der Waals surface area contributed by atoms with Crippen LogP contribution in [0.3, 0.4) is 0 Å². The summed E-state index contributed by atoms with van der Waals surface area (Å²) in [6, 6.07) is 10.2. The van der Waals surface area contributed by atoms with Crippen LogP contribution in [0.5, 0.6) is 5.75 Å². The first-order valence-electron chi connectivity index (χ1n) is 9.00. The number of hydrogen-bond donors (Lipinski definition) is 4. The lowest BCUT2D eigenvalue weighted by Gasteiger charge is -2.20. The number of aromatic hydroxyl groups is 1. The van der Waals surface area contributed by atoms with Crippen molar-refractivity contribution < 1.29 is 10.2 Å². The van der Waals surface area contributed by atoms with Gasteiger partial charge in [-0.05, 0) is 30.2 Å². The second-order valence-corrected chi connectivity index (χ2v) is 7.58. The van der Waals surface area contributed by atoms with Crippen LogP contribution in [0.15, 0.2) is 42.6 Å². The summed E-state index contributed by atoms with van der Waals surface area (Å²) in [6.45, 7) is 3.94. The fourth-order valence-corrected chi connectivity index (χ4v) is 3.08. The molecule has 1 aromatic carbocycles. The first-order chi connectivity index (χ1) is 13.9. The monoisotopic (exact) mass is 433 g/mol. The van der Waals surface area contributed by atoms with Gasteiger partial charge in [0, 0.05) is 18.0 Å². The van der Waals surface area contributed by atoms with Gasteiger partial charge in [-0.15, -0.1) is 0 Å². The van der Waals surface area contributed by atoms with Gasteiger partial charge >= 0.3 is 0 Å². The Bertz CT molecular complexity index is 963. The highest BCUT2D eigenvalue weighted by molar-refractivity contribution is 6.37. The molecule has 0 saturated heterocycles. The average molecular weight is 434 g/mol. The van der Waals surface area contributed by atoms with E-state index in [1.54, 1.807) is 24.4 Å². The standard InChI is InChI=1S/C20H21Cl2N5O2/c1-11(2)17(10-28)26-20-25-16(15-5-3-4-6-23-15)9-18(27-20)24-12-7-13(21)19(29)14(22)8-12/h3-9,11,17,28-29H,10H2,1-2H3,(H2,24,25,26,27)/t17-/m0/s1. The minimum atomic E-state index is -0.209. The number of nitrogens with one attached hydrogen (secondary N) is 2. The molecule has 0 amide bonds. The molecule has 7 nitrogen and oxygen atoms in total. The molecule has 2 aromatic heterocycles. The van der Waals surface area contributed by atoms with Crippen LogP contribution in [0, 0.1) is 5.92 Å². The first kappa shape index (κ1) is 21.1. The third-order valence-electron chi connectivity index (χ3n) is 4.26. The summed E-state index contributed by atoms with van der Waals surface area (Å²) in [5, 5.41) is 25.9. The lowest BCUT2D eigenvalue weighted by atomic mass is 10.1. The van der Waals surface area contributed by atoms with Crippen molar-refractivity contribution in [2.24, 2.45) is 5.92 Å². The normalized spacial score (nSPS) is 12.1. The molecule has 4 N–H and O–H groups in total. The van der Waals surface area contributed by atoms with E-state index in [4.69, 9.17) is 23.2 Å². The Hall–Kier alpha value is -2.61. The summed E-state index contributed by atoms with van der Waals surface area (Å²) in [5.74, 6) is 0.815. The number of phenolic OH excluding ortho intramolecular Hbond substituents is 1. The average Bonchev–Trinajstić information content (AvgIpc) is 2.70. The van der Waals surface area contributed by atoms with Gasteiger partial charge in [-0.1, -0.05) is 43.1 Å². The highest BCUT2D eigenvalue weighted by Gasteiger charge is 2.16.